The predicted octanol–water partition coefficient (Wildman–Crippen LogP) is 3.01. The van der Waals surface area contributed by atoms with E-state index in [2.05, 4.69) is 0 Å². The van der Waals surface area contributed by atoms with Gasteiger partial charge in [0.2, 0.25) is 7.37 Å². The van der Waals surface area contributed by atoms with Gasteiger partial charge in [-0.15, -0.1) is 0 Å². The van der Waals surface area contributed by atoms with E-state index in [-0.39, 0.29) is 6.16 Å². The Morgan fingerprint density at radius 1 is 1.35 bits per heavy atom. The topological polar surface area (TPSA) is 101 Å². The van der Waals surface area contributed by atoms with Crippen LogP contribution in [0.3, 0.4) is 0 Å². The van der Waals surface area contributed by atoms with Crippen molar-refractivity contribution in [1.29, 1.82) is 0 Å². The Balaban J connectivity index is 2.39. The van der Waals surface area contributed by atoms with Crippen molar-refractivity contribution in [3.63, 3.8) is 0 Å². The Kier molecular flexibility index (Phi) is 7.21. The van der Waals surface area contributed by atoms with Gasteiger partial charge in [0.25, 0.3) is 0 Å². The van der Waals surface area contributed by atoms with Crippen LogP contribution in [0.1, 0.15) is 58.3 Å². The maximum atomic E-state index is 11.9. The van der Waals surface area contributed by atoms with Gasteiger partial charge >= 0.3 is 5.97 Å². The van der Waals surface area contributed by atoms with Gasteiger partial charge in [-0.1, -0.05) is 44.9 Å². The lowest BCUT2D eigenvalue weighted by atomic mass is 9.85. The fourth-order valence-electron chi connectivity index (χ4n) is 2.90. The lowest BCUT2D eigenvalue weighted by molar-refractivity contribution is -0.141. The fraction of sp³-hybridized carbons (Fsp3) is 0.929. The molecule has 0 aliphatic heterocycles. The number of rotatable bonds is 8. The molecule has 5 nitrogen and oxygen atoms in total. The average molecular weight is 305 g/mol. The molecule has 0 aromatic rings. The molecular weight excluding hydrogens is 277 g/mol. The molecule has 0 aromatic carbocycles. The molecule has 6 heteroatoms. The minimum atomic E-state index is -3.55. The second-order valence-electron chi connectivity index (χ2n) is 6.15. The van der Waals surface area contributed by atoms with E-state index in [4.69, 9.17) is 5.73 Å². The average Bonchev–Trinajstić information content (AvgIpc) is 2.38. The number of hydrogen-bond donors (Lipinski definition) is 3. The van der Waals surface area contributed by atoms with E-state index >= 15 is 0 Å². The fourth-order valence-corrected chi connectivity index (χ4v) is 4.21. The second kappa shape index (κ2) is 8.16. The highest BCUT2D eigenvalue weighted by molar-refractivity contribution is 7.58. The van der Waals surface area contributed by atoms with Crippen LogP contribution < -0.4 is 5.73 Å². The maximum Gasteiger partial charge on any atom is 0.307 e. The van der Waals surface area contributed by atoms with Crippen LogP contribution in [0.2, 0.25) is 0 Å². The van der Waals surface area contributed by atoms with E-state index in [0.717, 1.165) is 12.8 Å². The molecular formula is C14H28NO4P. The first-order valence-electron chi connectivity index (χ1n) is 7.63. The molecule has 1 saturated carbocycles. The van der Waals surface area contributed by atoms with E-state index in [1.54, 1.807) is 0 Å². The van der Waals surface area contributed by atoms with Crippen LogP contribution in [-0.4, -0.2) is 27.9 Å². The van der Waals surface area contributed by atoms with Gasteiger partial charge in [0, 0.05) is 6.16 Å². The third kappa shape index (κ3) is 5.94. The number of aliphatic carboxylic acids is 1. The molecule has 20 heavy (non-hydrogen) atoms. The highest BCUT2D eigenvalue weighted by atomic mass is 31.2. The van der Waals surface area contributed by atoms with E-state index < -0.39 is 25.0 Å². The highest BCUT2D eigenvalue weighted by Gasteiger charge is 2.31. The normalized spacial score (nSPS) is 22.9. The number of carboxylic acid groups (broad SMARTS) is 1. The van der Waals surface area contributed by atoms with Crippen LogP contribution in [-0.2, 0) is 9.36 Å². The molecule has 0 bridgehead atoms. The summed E-state index contributed by atoms with van der Waals surface area (Å²) in [7, 11) is -3.55. The molecule has 3 unspecified atom stereocenters. The number of nitrogens with two attached hydrogens (primary N) is 1. The molecule has 4 N–H and O–H groups in total. The summed E-state index contributed by atoms with van der Waals surface area (Å²) < 4.78 is 11.9. The van der Waals surface area contributed by atoms with E-state index in [1.807, 2.05) is 0 Å². The summed E-state index contributed by atoms with van der Waals surface area (Å²) in [5, 5.41) is 9.18. The zero-order valence-electron chi connectivity index (χ0n) is 12.3. The number of carbonyl (C=O) groups is 1. The van der Waals surface area contributed by atoms with E-state index in [9.17, 15) is 19.4 Å². The van der Waals surface area contributed by atoms with E-state index in [1.165, 1.54) is 39.0 Å². The zero-order chi connectivity index (χ0) is 15.2. The predicted molar refractivity (Wildman–Crippen MR) is 79.9 cm³/mol. The van der Waals surface area contributed by atoms with Crippen LogP contribution in [0.15, 0.2) is 0 Å². The van der Waals surface area contributed by atoms with Crippen molar-refractivity contribution >= 4 is 13.3 Å². The van der Waals surface area contributed by atoms with Gasteiger partial charge in [0.05, 0.1) is 11.7 Å². The van der Waals surface area contributed by atoms with Gasteiger partial charge in [-0.05, 0) is 19.3 Å². The molecule has 0 amide bonds. The smallest absolute Gasteiger partial charge is 0.307 e. The molecule has 1 fully saturated rings. The van der Waals surface area contributed by atoms with Crippen LogP contribution in [0.25, 0.3) is 0 Å². The van der Waals surface area contributed by atoms with Crippen molar-refractivity contribution in [2.45, 2.75) is 64.1 Å². The quantitative estimate of drug-likeness (QED) is 0.598. The lowest BCUT2D eigenvalue weighted by Gasteiger charge is -2.23. The SMILES string of the molecule is CC(N)P(=O)(O)CC(CCCC1CCCCC1)C(=O)O. The molecule has 3 atom stereocenters. The van der Waals surface area contributed by atoms with Crippen molar-refractivity contribution in [1.82, 2.24) is 0 Å². The van der Waals surface area contributed by atoms with Crippen LogP contribution in [0.4, 0.5) is 0 Å². The summed E-state index contributed by atoms with van der Waals surface area (Å²) in [4.78, 5) is 20.9. The third-order valence-corrected chi connectivity index (χ3v) is 6.59. The van der Waals surface area contributed by atoms with Crippen molar-refractivity contribution in [2.24, 2.45) is 17.6 Å². The van der Waals surface area contributed by atoms with Gasteiger partial charge in [-0.3, -0.25) is 9.36 Å². The van der Waals surface area contributed by atoms with Crippen molar-refractivity contribution in [2.75, 3.05) is 6.16 Å². The van der Waals surface area contributed by atoms with Crippen molar-refractivity contribution < 1.29 is 19.4 Å². The molecule has 1 aliphatic carbocycles. The van der Waals surface area contributed by atoms with Gasteiger partial charge < -0.3 is 15.7 Å². The minimum absolute atomic E-state index is 0.204. The Morgan fingerprint density at radius 3 is 2.45 bits per heavy atom. The molecule has 0 saturated heterocycles. The maximum absolute atomic E-state index is 11.9. The third-order valence-electron chi connectivity index (χ3n) is 4.36. The van der Waals surface area contributed by atoms with Crippen LogP contribution in [0.5, 0.6) is 0 Å². The number of hydrogen-bond acceptors (Lipinski definition) is 3. The second-order valence-corrected chi connectivity index (χ2v) is 8.84. The summed E-state index contributed by atoms with van der Waals surface area (Å²) in [5.41, 5.74) is 5.46. The molecule has 1 aliphatic rings. The lowest BCUT2D eigenvalue weighted by Crippen LogP contribution is -2.24. The first kappa shape index (κ1) is 17.7. The van der Waals surface area contributed by atoms with Gasteiger partial charge in [-0.25, -0.2) is 0 Å². The monoisotopic (exact) mass is 305 g/mol. The first-order valence-corrected chi connectivity index (χ1v) is 9.54. The van der Waals surface area contributed by atoms with Gasteiger partial charge in [-0.2, -0.15) is 0 Å². The largest absolute Gasteiger partial charge is 0.481 e. The van der Waals surface area contributed by atoms with Gasteiger partial charge in [0.15, 0.2) is 0 Å². The van der Waals surface area contributed by atoms with Gasteiger partial charge in [0.1, 0.15) is 0 Å². The molecule has 0 aromatic heterocycles. The van der Waals surface area contributed by atoms with Crippen LogP contribution in [0, 0.1) is 11.8 Å². The summed E-state index contributed by atoms with van der Waals surface area (Å²) in [6.45, 7) is 1.46. The summed E-state index contributed by atoms with van der Waals surface area (Å²) in [6.07, 6.45) is 8.50. The zero-order valence-corrected chi connectivity index (χ0v) is 13.2. The molecule has 0 radical (unpaired) electrons. The minimum Gasteiger partial charge on any atom is -0.481 e. The molecule has 118 valence electrons. The standard InChI is InChI=1S/C14H28NO4P/c1-11(15)20(18,19)10-13(14(16)17)9-5-8-12-6-3-2-4-7-12/h11-13H,2-10,15H2,1H3,(H,16,17)(H,18,19). The Bertz CT molecular complexity index is 353. The van der Waals surface area contributed by atoms with Crippen LogP contribution >= 0.6 is 7.37 Å². The summed E-state index contributed by atoms with van der Waals surface area (Å²) in [6, 6.07) is 0. The van der Waals surface area contributed by atoms with Crippen molar-refractivity contribution in [3.05, 3.63) is 0 Å². The number of carboxylic acids is 1. The van der Waals surface area contributed by atoms with Crippen molar-refractivity contribution in [3.8, 4) is 0 Å². The summed E-state index contributed by atoms with van der Waals surface area (Å²) in [5.74, 6) is -1.88. The first-order chi connectivity index (χ1) is 9.33. The molecule has 1 rings (SSSR count). The Morgan fingerprint density at radius 2 is 1.95 bits per heavy atom. The van der Waals surface area contributed by atoms with E-state index in [0.29, 0.717) is 12.3 Å². The molecule has 0 spiro atoms. The Labute approximate surface area is 121 Å². The summed E-state index contributed by atoms with van der Waals surface area (Å²) >= 11 is 0. The highest BCUT2D eigenvalue weighted by Crippen LogP contribution is 2.46. The molecule has 0 heterocycles. The Hall–Kier alpha value is -0.380.